The maximum Gasteiger partial charge on any atom is 0.416 e. The van der Waals surface area contributed by atoms with Crippen LogP contribution < -0.4 is 15.1 Å². The number of anilines is 2. The third-order valence-corrected chi connectivity index (χ3v) is 9.23. The van der Waals surface area contributed by atoms with Gasteiger partial charge >= 0.3 is 6.18 Å². The Morgan fingerprint density at radius 2 is 1.82 bits per heavy atom. The summed E-state index contributed by atoms with van der Waals surface area (Å²) in [6, 6.07) is 13.0. The zero-order valence-electron chi connectivity index (χ0n) is 23.7. The first-order valence-electron chi connectivity index (χ1n) is 14.7. The number of fused-ring (bicyclic) bond motifs is 1. The number of aromatic nitrogens is 1. The molecular weight excluding hydrogens is 602 g/mol. The first kappa shape index (κ1) is 29.6. The van der Waals surface area contributed by atoms with Gasteiger partial charge in [-0.15, -0.1) is 0 Å². The van der Waals surface area contributed by atoms with E-state index in [4.69, 9.17) is 4.74 Å². The summed E-state index contributed by atoms with van der Waals surface area (Å²) in [6.45, 7) is 0. The fraction of sp³-hybridized carbons (Fsp3) is 0.406. The summed E-state index contributed by atoms with van der Waals surface area (Å²) in [5.41, 5.74) is -0.680. The van der Waals surface area contributed by atoms with Crippen molar-refractivity contribution in [3.05, 3.63) is 89.4 Å². The van der Waals surface area contributed by atoms with Crippen molar-refractivity contribution in [2.24, 2.45) is 0 Å². The first-order chi connectivity index (χ1) is 21.4. The Bertz CT molecular complexity index is 1660. The van der Waals surface area contributed by atoms with E-state index in [9.17, 15) is 35.9 Å². The highest BCUT2D eigenvalue weighted by molar-refractivity contribution is 5.96. The normalized spacial score (nSPS) is 27.2. The highest BCUT2D eigenvalue weighted by Crippen LogP contribution is 2.51. The molecule has 0 bridgehead atoms. The van der Waals surface area contributed by atoms with Crippen LogP contribution in [0.4, 0.5) is 37.8 Å². The number of ether oxygens (including phenoxy) is 1. The number of hydrogen-bond donors (Lipinski definition) is 1. The number of carbonyl (C=O) groups excluding carboxylic acids is 2. The second-order valence-corrected chi connectivity index (χ2v) is 12.1. The van der Waals surface area contributed by atoms with Gasteiger partial charge in [-0.25, -0.2) is 18.2 Å². The quantitative estimate of drug-likeness (QED) is 0.267. The standard InChI is InChI=1S/C32H28F6N4O3/c33-20-5-3-6-22(15-20)42(31(12-10-18-4-1-2-7-23(18)31)29(44)40-21-16-30(34,35)17-21)28-27(45-28)24-8-9-26(43)41(24)25-14-19(11-13-39-25)32(36,37)38/h1-7,11,13-15,21,24,27-28H,8-10,12,16-17H2,(H,40,44)/t24-,27?,28?,31-/m0/s1. The molecule has 2 saturated heterocycles. The summed E-state index contributed by atoms with van der Waals surface area (Å²) in [4.78, 5) is 34.3. The molecule has 2 aliphatic carbocycles. The molecule has 2 unspecified atom stereocenters. The van der Waals surface area contributed by atoms with Crippen LogP contribution in [0.15, 0.2) is 66.9 Å². The van der Waals surface area contributed by atoms with Gasteiger partial charge in [0.15, 0.2) is 6.23 Å². The van der Waals surface area contributed by atoms with Crippen molar-refractivity contribution in [1.29, 1.82) is 0 Å². The van der Waals surface area contributed by atoms with Gasteiger partial charge in [0.2, 0.25) is 5.91 Å². The minimum absolute atomic E-state index is 0.0412. The number of aryl methyl sites for hydroxylation is 1. The Hall–Kier alpha value is -4.13. The first-order valence-corrected chi connectivity index (χ1v) is 14.7. The molecular formula is C32H28F6N4O3. The fourth-order valence-electron chi connectivity index (χ4n) is 7.11. The average molecular weight is 631 g/mol. The molecule has 4 atom stereocenters. The smallest absolute Gasteiger partial charge is 0.351 e. The molecule has 1 saturated carbocycles. The Balaban J connectivity index is 1.28. The van der Waals surface area contributed by atoms with Gasteiger partial charge in [0.25, 0.3) is 11.8 Å². The van der Waals surface area contributed by atoms with Crippen LogP contribution >= 0.6 is 0 Å². The topological polar surface area (TPSA) is 78.1 Å². The number of hydrogen-bond acceptors (Lipinski definition) is 5. The number of halogens is 6. The van der Waals surface area contributed by atoms with Crippen molar-refractivity contribution >= 4 is 23.3 Å². The van der Waals surface area contributed by atoms with Crippen molar-refractivity contribution in [2.45, 2.75) is 80.6 Å². The zero-order chi connectivity index (χ0) is 31.7. The highest BCUT2D eigenvalue weighted by Gasteiger charge is 2.62. The molecule has 3 fully saturated rings. The van der Waals surface area contributed by atoms with Crippen molar-refractivity contribution in [1.82, 2.24) is 10.3 Å². The Labute approximate surface area is 254 Å². The highest BCUT2D eigenvalue weighted by atomic mass is 19.4. The number of carbonyl (C=O) groups is 2. The van der Waals surface area contributed by atoms with Crippen LogP contribution in [0, 0.1) is 5.82 Å². The van der Waals surface area contributed by atoms with Gasteiger partial charge in [-0.3, -0.25) is 14.5 Å². The third-order valence-electron chi connectivity index (χ3n) is 9.23. The van der Waals surface area contributed by atoms with Crippen LogP contribution in [0.5, 0.6) is 0 Å². The lowest BCUT2D eigenvalue weighted by molar-refractivity contribution is -0.138. The third kappa shape index (κ3) is 5.10. The molecule has 236 valence electrons. The minimum atomic E-state index is -4.65. The Kier molecular flexibility index (Phi) is 6.88. The van der Waals surface area contributed by atoms with Crippen LogP contribution in [0.1, 0.15) is 48.8 Å². The van der Waals surface area contributed by atoms with E-state index in [1.807, 2.05) is 12.1 Å². The number of nitrogens with one attached hydrogen (secondary N) is 1. The molecule has 4 aliphatic rings. The summed E-state index contributed by atoms with van der Waals surface area (Å²) in [5, 5.41) is 2.80. The SMILES string of the molecule is O=C1CC[C@@H](C2OC2N(c2cccc(F)c2)[C@@]2(C(=O)NC3CC(F)(F)C3)CCc3ccccc32)N1c1cc(C(F)(F)F)ccn1. The molecule has 13 heteroatoms. The zero-order valence-corrected chi connectivity index (χ0v) is 23.7. The molecule has 7 nitrogen and oxygen atoms in total. The predicted molar refractivity (Wildman–Crippen MR) is 150 cm³/mol. The molecule has 2 amide bonds. The van der Waals surface area contributed by atoms with E-state index in [1.165, 1.54) is 23.1 Å². The summed E-state index contributed by atoms with van der Waals surface area (Å²) >= 11 is 0. The van der Waals surface area contributed by atoms with Gasteiger partial charge in [0.05, 0.1) is 11.6 Å². The second kappa shape index (κ2) is 10.5. The van der Waals surface area contributed by atoms with Crippen molar-refractivity contribution < 1.29 is 40.7 Å². The van der Waals surface area contributed by atoms with Gasteiger partial charge < -0.3 is 15.0 Å². The number of rotatable bonds is 7. The van der Waals surface area contributed by atoms with E-state index in [0.29, 0.717) is 17.7 Å². The maximum atomic E-state index is 14.7. The lowest BCUT2D eigenvalue weighted by atomic mass is 9.84. The van der Waals surface area contributed by atoms with Crippen molar-refractivity contribution in [3.8, 4) is 0 Å². The van der Waals surface area contributed by atoms with E-state index in [2.05, 4.69) is 10.3 Å². The van der Waals surface area contributed by atoms with Crippen LogP contribution in [-0.4, -0.2) is 47.1 Å². The van der Waals surface area contributed by atoms with Gasteiger partial charge in [-0.05, 0) is 60.7 Å². The number of alkyl halides is 5. The van der Waals surface area contributed by atoms with E-state index >= 15 is 0 Å². The maximum absolute atomic E-state index is 14.7. The monoisotopic (exact) mass is 630 g/mol. The van der Waals surface area contributed by atoms with Gasteiger partial charge in [0, 0.05) is 37.2 Å². The second-order valence-electron chi connectivity index (χ2n) is 12.1. The van der Waals surface area contributed by atoms with Crippen LogP contribution in [0.2, 0.25) is 0 Å². The average Bonchev–Trinajstić information content (AvgIpc) is 3.49. The van der Waals surface area contributed by atoms with Crippen LogP contribution in [0.3, 0.4) is 0 Å². The molecule has 2 aliphatic heterocycles. The van der Waals surface area contributed by atoms with E-state index in [1.54, 1.807) is 23.1 Å². The number of epoxide rings is 1. The Morgan fingerprint density at radius 1 is 1.04 bits per heavy atom. The summed E-state index contributed by atoms with van der Waals surface area (Å²) < 4.78 is 89.0. The lowest BCUT2D eigenvalue weighted by Crippen LogP contribution is -2.61. The summed E-state index contributed by atoms with van der Waals surface area (Å²) in [5.74, 6) is -4.59. The lowest BCUT2D eigenvalue weighted by Gasteiger charge is -2.44. The molecule has 45 heavy (non-hydrogen) atoms. The van der Waals surface area contributed by atoms with E-state index in [-0.39, 0.29) is 25.1 Å². The molecule has 1 N–H and O–H groups in total. The predicted octanol–water partition coefficient (Wildman–Crippen LogP) is 5.72. The molecule has 2 aromatic carbocycles. The summed E-state index contributed by atoms with van der Waals surface area (Å²) in [6.07, 6.45) is -5.35. The van der Waals surface area contributed by atoms with E-state index < -0.39 is 78.1 Å². The summed E-state index contributed by atoms with van der Waals surface area (Å²) in [7, 11) is 0. The van der Waals surface area contributed by atoms with Crippen LogP contribution in [-0.2, 0) is 32.5 Å². The van der Waals surface area contributed by atoms with Crippen molar-refractivity contribution in [2.75, 3.05) is 9.80 Å². The molecule has 3 heterocycles. The molecule has 7 rings (SSSR count). The van der Waals surface area contributed by atoms with Gasteiger partial charge in [-0.1, -0.05) is 30.3 Å². The molecule has 0 radical (unpaired) electrons. The van der Waals surface area contributed by atoms with Gasteiger partial charge in [-0.2, -0.15) is 13.2 Å². The molecule has 0 spiro atoms. The van der Waals surface area contributed by atoms with Crippen LogP contribution in [0.25, 0.3) is 0 Å². The van der Waals surface area contributed by atoms with E-state index in [0.717, 1.165) is 23.9 Å². The van der Waals surface area contributed by atoms with Crippen molar-refractivity contribution in [3.63, 3.8) is 0 Å². The number of pyridine rings is 1. The Morgan fingerprint density at radius 3 is 2.56 bits per heavy atom. The minimum Gasteiger partial charge on any atom is -0.351 e. The molecule has 1 aromatic heterocycles. The number of benzene rings is 2. The van der Waals surface area contributed by atoms with Gasteiger partial charge in [0.1, 0.15) is 23.3 Å². The number of amides is 2. The fourth-order valence-corrected chi connectivity index (χ4v) is 7.11. The number of nitrogens with zero attached hydrogens (tertiary/aromatic N) is 3. The largest absolute Gasteiger partial charge is 0.416 e. The molecule has 3 aromatic rings.